The van der Waals surface area contributed by atoms with Crippen LogP contribution in [0, 0.1) is 0 Å². The highest BCUT2D eigenvalue weighted by atomic mass is 16.2. The van der Waals surface area contributed by atoms with Crippen LogP contribution in [-0.4, -0.2) is 36.9 Å². The van der Waals surface area contributed by atoms with Gasteiger partial charge in [0, 0.05) is 19.8 Å². The van der Waals surface area contributed by atoms with Gasteiger partial charge >= 0.3 is 0 Å². The molecule has 0 aliphatic rings. The Morgan fingerprint density at radius 2 is 2.18 bits per heavy atom. The molecular weight excluding hydrogens is 220 g/mol. The summed E-state index contributed by atoms with van der Waals surface area (Å²) in [6, 6.07) is 3.33. The molecule has 0 unspecified atom stereocenters. The van der Waals surface area contributed by atoms with Gasteiger partial charge in [-0.25, -0.2) is 4.98 Å². The van der Waals surface area contributed by atoms with Crippen LogP contribution in [0.3, 0.4) is 0 Å². The number of primary amides is 1. The number of nitrogens with two attached hydrogens (primary N) is 1. The van der Waals surface area contributed by atoms with E-state index in [0.717, 1.165) is 0 Å². The van der Waals surface area contributed by atoms with Crippen LogP contribution >= 0.6 is 0 Å². The molecule has 1 rings (SSSR count). The van der Waals surface area contributed by atoms with E-state index in [1.54, 1.807) is 24.1 Å². The first-order chi connectivity index (χ1) is 8.04. The van der Waals surface area contributed by atoms with Gasteiger partial charge in [0.15, 0.2) is 0 Å². The van der Waals surface area contributed by atoms with Crippen molar-refractivity contribution < 1.29 is 9.59 Å². The van der Waals surface area contributed by atoms with E-state index in [0.29, 0.717) is 17.9 Å². The summed E-state index contributed by atoms with van der Waals surface area (Å²) in [5, 5.41) is 2.68. The zero-order chi connectivity index (χ0) is 12.8. The molecule has 0 spiro atoms. The third-order valence-electron chi connectivity index (χ3n) is 2.13. The number of aromatic nitrogens is 1. The Morgan fingerprint density at radius 1 is 1.47 bits per heavy atom. The minimum atomic E-state index is -0.429. The molecule has 0 radical (unpaired) electrons. The lowest BCUT2D eigenvalue weighted by molar-refractivity contribution is -0.116. The Kier molecular flexibility index (Phi) is 4.45. The minimum absolute atomic E-state index is 0.0908. The SMILES string of the molecule is CCNC(=O)c1ccc(N(C)CC(N)=O)nc1. The van der Waals surface area contributed by atoms with E-state index in [-0.39, 0.29) is 12.5 Å². The van der Waals surface area contributed by atoms with Crippen molar-refractivity contribution in [1.82, 2.24) is 10.3 Å². The monoisotopic (exact) mass is 236 g/mol. The summed E-state index contributed by atoms with van der Waals surface area (Å²) in [6.45, 7) is 2.51. The standard InChI is InChI=1S/C11H16N4O2/c1-3-13-11(17)8-4-5-10(14-6-8)15(2)7-9(12)16/h4-6H,3,7H2,1-2H3,(H2,12,16)(H,13,17). The Labute approximate surface area is 99.8 Å². The van der Waals surface area contributed by atoms with Crippen molar-refractivity contribution in [2.45, 2.75) is 6.92 Å². The lowest BCUT2D eigenvalue weighted by atomic mass is 10.2. The predicted molar refractivity (Wildman–Crippen MR) is 64.7 cm³/mol. The molecular formula is C11H16N4O2. The molecule has 1 aromatic heterocycles. The van der Waals surface area contributed by atoms with Crippen LogP contribution in [-0.2, 0) is 4.79 Å². The minimum Gasteiger partial charge on any atom is -0.368 e. The van der Waals surface area contributed by atoms with E-state index in [4.69, 9.17) is 5.73 Å². The van der Waals surface area contributed by atoms with Gasteiger partial charge in [0.25, 0.3) is 5.91 Å². The molecule has 6 heteroatoms. The van der Waals surface area contributed by atoms with Crippen LogP contribution in [0.15, 0.2) is 18.3 Å². The molecule has 0 aromatic carbocycles. The molecule has 3 N–H and O–H groups in total. The van der Waals surface area contributed by atoms with Crippen molar-refractivity contribution >= 4 is 17.6 Å². The second kappa shape index (κ2) is 5.83. The van der Waals surface area contributed by atoms with Crippen molar-refractivity contribution in [2.24, 2.45) is 5.73 Å². The van der Waals surface area contributed by atoms with E-state index in [1.165, 1.54) is 6.20 Å². The maximum atomic E-state index is 11.5. The first-order valence-electron chi connectivity index (χ1n) is 5.28. The molecule has 0 aliphatic carbocycles. The molecule has 17 heavy (non-hydrogen) atoms. The van der Waals surface area contributed by atoms with Crippen LogP contribution in [0.25, 0.3) is 0 Å². The van der Waals surface area contributed by atoms with Gasteiger partial charge < -0.3 is 16.0 Å². The molecule has 0 bridgehead atoms. The third-order valence-corrected chi connectivity index (χ3v) is 2.13. The molecule has 2 amide bonds. The topological polar surface area (TPSA) is 88.3 Å². The number of amides is 2. The fourth-order valence-electron chi connectivity index (χ4n) is 1.32. The van der Waals surface area contributed by atoms with Crippen molar-refractivity contribution in [2.75, 3.05) is 25.0 Å². The summed E-state index contributed by atoms with van der Waals surface area (Å²) in [7, 11) is 1.71. The first kappa shape index (κ1) is 13.0. The van der Waals surface area contributed by atoms with Gasteiger partial charge in [-0.05, 0) is 19.1 Å². The molecule has 6 nitrogen and oxygen atoms in total. The Morgan fingerprint density at radius 3 is 2.65 bits per heavy atom. The van der Waals surface area contributed by atoms with Crippen molar-refractivity contribution in [3.05, 3.63) is 23.9 Å². The molecule has 0 saturated carbocycles. The Hall–Kier alpha value is -2.11. The molecule has 1 aromatic rings. The van der Waals surface area contributed by atoms with E-state index >= 15 is 0 Å². The van der Waals surface area contributed by atoms with Crippen LogP contribution in [0.2, 0.25) is 0 Å². The smallest absolute Gasteiger partial charge is 0.252 e. The zero-order valence-corrected chi connectivity index (χ0v) is 9.93. The summed E-state index contributed by atoms with van der Waals surface area (Å²) < 4.78 is 0. The number of nitrogens with zero attached hydrogens (tertiary/aromatic N) is 2. The van der Waals surface area contributed by atoms with E-state index in [1.807, 2.05) is 6.92 Å². The fourth-order valence-corrected chi connectivity index (χ4v) is 1.32. The van der Waals surface area contributed by atoms with Crippen molar-refractivity contribution in [3.63, 3.8) is 0 Å². The number of hydrogen-bond acceptors (Lipinski definition) is 4. The summed E-state index contributed by atoms with van der Waals surface area (Å²) >= 11 is 0. The highest BCUT2D eigenvalue weighted by Gasteiger charge is 2.08. The number of pyridine rings is 1. The fraction of sp³-hybridized carbons (Fsp3) is 0.364. The van der Waals surface area contributed by atoms with E-state index < -0.39 is 5.91 Å². The number of carbonyl (C=O) groups excluding carboxylic acids is 2. The second-order valence-corrected chi connectivity index (χ2v) is 3.59. The van der Waals surface area contributed by atoms with Gasteiger partial charge in [0.1, 0.15) is 5.82 Å². The highest BCUT2D eigenvalue weighted by Crippen LogP contribution is 2.08. The summed E-state index contributed by atoms with van der Waals surface area (Å²) in [5.41, 5.74) is 5.56. The van der Waals surface area contributed by atoms with Crippen LogP contribution in [0.4, 0.5) is 5.82 Å². The Balaban J connectivity index is 2.73. The normalized spacial score (nSPS) is 9.76. The van der Waals surface area contributed by atoms with Gasteiger partial charge in [-0.3, -0.25) is 9.59 Å². The molecule has 92 valence electrons. The quantitative estimate of drug-likeness (QED) is 0.738. The average Bonchev–Trinajstić information content (AvgIpc) is 2.28. The van der Waals surface area contributed by atoms with Gasteiger partial charge in [0.05, 0.1) is 12.1 Å². The molecule has 0 saturated heterocycles. The maximum absolute atomic E-state index is 11.5. The van der Waals surface area contributed by atoms with Crippen LogP contribution in [0.1, 0.15) is 17.3 Å². The lowest BCUT2D eigenvalue weighted by Gasteiger charge is -2.15. The highest BCUT2D eigenvalue weighted by molar-refractivity contribution is 5.94. The zero-order valence-electron chi connectivity index (χ0n) is 9.93. The molecule has 0 aliphatic heterocycles. The van der Waals surface area contributed by atoms with Gasteiger partial charge in [-0.2, -0.15) is 0 Å². The number of rotatable bonds is 5. The Bertz CT molecular complexity index is 402. The summed E-state index contributed by atoms with van der Waals surface area (Å²) in [6.07, 6.45) is 1.47. The number of hydrogen-bond donors (Lipinski definition) is 2. The summed E-state index contributed by atoms with van der Waals surface area (Å²) in [4.78, 5) is 27.9. The summed E-state index contributed by atoms with van der Waals surface area (Å²) in [5.74, 6) is 0.00283. The molecule has 0 atom stereocenters. The number of carbonyl (C=O) groups is 2. The van der Waals surface area contributed by atoms with Crippen molar-refractivity contribution in [3.8, 4) is 0 Å². The van der Waals surface area contributed by atoms with Crippen LogP contribution in [0.5, 0.6) is 0 Å². The van der Waals surface area contributed by atoms with Crippen molar-refractivity contribution in [1.29, 1.82) is 0 Å². The van der Waals surface area contributed by atoms with Crippen LogP contribution < -0.4 is 16.0 Å². The predicted octanol–water partition coefficient (Wildman–Crippen LogP) is -0.247. The molecule has 0 fully saturated rings. The number of nitrogens with one attached hydrogen (secondary N) is 1. The average molecular weight is 236 g/mol. The van der Waals surface area contributed by atoms with Gasteiger partial charge in [0.2, 0.25) is 5.91 Å². The van der Waals surface area contributed by atoms with Gasteiger partial charge in [-0.1, -0.05) is 0 Å². The largest absolute Gasteiger partial charge is 0.368 e. The second-order valence-electron chi connectivity index (χ2n) is 3.59. The molecule has 1 heterocycles. The van der Waals surface area contributed by atoms with E-state index in [2.05, 4.69) is 10.3 Å². The number of likely N-dealkylation sites (N-methyl/N-ethyl adjacent to an activating group) is 1. The first-order valence-corrected chi connectivity index (χ1v) is 5.28. The van der Waals surface area contributed by atoms with Gasteiger partial charge in [-0.15, -0.1) is 0 Å². The number of anilines is 1. The van der Waals surface area contributed by atoms with E-state index in [9.17, 15) is 9.59 Å². The third kappa shape index (κ3) is 3.75. The lowest BCUT2D eigenvalue weighted by Crippen LogP contribution is -2.31. The maximum Gasteiger partial charge on any atom is 0.252 e.